The molecule has 0 fully saturated rings. The molecule has 6 heteroatoms. The molecule has 0 aliphatic heterocycles. The summed E-state index contributed by atoms with van der Waals surface area (Å²) in [6, 6.07) is 9.73. The van der Waals surface area contributed by atoms with E-state index in [1.54, 1.807) is 6.08 Å². The summed E-state index contributed by atoms with van der Waals surface area (Å²) in [5.41, 5.74) is 2.28. The molecule has 0 saturated heterocycles. The van der Waals surface area contributed by atoms with Crippen LogP contribution in [0.5, 0.6) is 0 Å². The minimum absolute atomic E-state index is 0.155. The quantitative estimate of drug-likeness (QED) is 0.820. The molecule has 1 aromatic carbocycles. The summed E-state index contributed by atoms with van der Waals surface area (Å²) < 4.78 is 1.40. The number of aromatic nitrogens is 3. The summed E-state index contributed by atoms with van der Waals surface area (Å²) >= 11 is 0. The van der Waals surface area contributed by atoms with Crippen LogP contribution in [-0.2, 0) is 11.2 Å². The highest BCUT2D eigenvalue weighted by Gasteiger charge is 2.02. The standard InChI is InChI=1S/C15H14N4O2/c16-9-14(19-11-17-10-18-19)8-13-5-1-3-12(7-13)4-2-6-15(20)21/h1,3,5,7-8,10-11H,2,4,6H2,(H,20,21)/b14-8+. The smallest absolute Gasteiger partial charge is 0.303 e. The molecule has 0 aliphatic rings. The molecule has 0 unspecified atom stereocenters. The lowest BCUT2D eigenvalue weighted by atomic mass is 10.0. The van der Waals surface area contributed by atoms with Crippen molar-refractivity contribution in [3.05, 3.63) is 48.0 Å². The van der Waals surface area contributed by atoms with Gasteiger partial charge < -0.3 is 5.11 Å². The zero-order valence-corrected chi connectivity index (χ0v) is 11.3. The Labute approximate surface area is 122 Å². The number of aryl methyl sites for hydroxylation is 1. The average molecular weight is 282 g/mol. The molecule has 0 atom stereocenters. The molecule has 21 heavy (non-hydrogen) atoms. The molecule has 0 spiro atoms. The second-order valence-corrected chi connectivity index (χ2v) is 4.47. The molecule has 2 aromatic rings. The Bertz CT molecular complexity index is 684. The highest BCUT2D eigenvalue weighted by Crippen LogP contribution is 2.13. The Morgan fingerprint density at radius 3 is 3.00 bits per heavy atom. The highest BCUT2D eigenvalue weighted by atomic mass is 16.4. The molecule has 6 nitrogen and oxygen atoms in total. The normalized spacial score (nSPS) is 11.1. The van der Waals surface area contributed by atoms with Gasteiger partial charge in [-0.3, -0.25) is 4.79 Å². The molecular weight excluding hydrogens is 268 g/mol. The van der Waals surface area contributed by atoms with Crippen molar-refractivity contribution in [2.45, 2.75) is 19.3 Å². The molecule has 1 N–H and O–H groups in total. The molecule has 1 aromatic heterocycles. The van der Waals surface area contributed by atoms with E-state index in [1.165, 1.54) is 17.3 Å². The fourth-order valence-electron chi connectivity index (χ4n) is 1.92. The van der Waals surface area contributed by atoms with Gasteiger partial charge in [-0.25, -0.2) is 9.67 Å². The molecule has 0 aliphatic carbocycles. The van der Waals surface area contributed by atoms with E-state index < -0.39 is 5.97 Å². The monoisotopic (exact) mass is 282 g/mol. The van der Waals surface area contributed by atoms with Gasteiger partial charge in [-0.2, -0.15) is 10.4 Å². The molecular formula is C15H14N4O2. The van der Waals surface area contributed by atoms with E-state index in [-0.39, 0.29) is 6.42 Å². The molecule has 0 amide bonds. The van der Waals surface area contributed by atoms with E-state index in [0.717, 1.165) is 11.1 Å². The summed E-state index contributed by atoms with van der Waals surface area (Å²) in [5.74, 6) is -0.788. The minimum atomic E-state index is -0.788. The first kappa shape index (κ1) is 14.5. The predicted octanol–water partition coefficient (Wildman–Crippen LogP) is 2.21. The van der Waals surface area contributed by atoms with Gasteiger partial charge in [0.05, 0.1) is 0 Å². The Kier molecular flexibility index (Phi) is 4.83. The number of hydrogen-bond acceptors (Lipinski definition) is 4. The third kappa shape index (κ3) is 4.28. The number of rotatable bonds is 6. The van der Waals surface area contributed by atoms with Crippen LogP contribution in [-0.4, -0.2) is 25.8 Å². The average Bonchev–Trinajstić information content (AvgIpc) is 2.99. The lowest BCUT2D eigenvalue weighted by molar-refractivity contribution is -0.137. The first-order valence-electron chi connectivity index (χ1n) is 6.46. The predicted molar refractivity (Wildman–Crippen MR) is 76.8 cm³/mol. The number of benzene rings is 1. The van der Waals surface area contributed by atoms with Gasteiger partial charge in [-0.05, 0) is 30.0 Å². The summed E-state index contributed by atoms with van der Waals surface area (Å²) in [6.07, 6.45) is 5.99. The van der Waals surface area contributed by atoms with E-state index in [9.17, 15) is 4.79 Å². The lowest BCUT2D eigenvalue weighted by Crippen LogP contribution is -1.96. The number of carboxylic acids is 1. The van der Waals surface area contributed by atoms with Gasteiger partial charge in [0, 0.05) is 6.42 Å². The number of carboxylic acid groups (broad SMARTS) is 1. The second kappa shape index (κ2) is 7.01. The van der Waals surface area contributed by atoms with Crippen LogP contribution in [0.1, 0.15) is 24.0 Å². The van der Waals surface area contributed by atoms with Crippen LogP contribution in [0, 0.1) is 11.3 Å². The number of allylic oxidation sites excluding steroid dienone is 1. The topological polar surface area (TPSA) is 91.8 Å². The minimum Gasteiger partial charge on any atom is -0.481 e. The van der Waals surface area contributed by atoms with E-state index >= 15 is 0 Å². The van der Waals surface area contributed by atoms with Crippen LogP contribution in [0.25, 0.3) is 11.8 Å². The SMILES string of the molecule is N#C/C(=C\c1cccc(CCCC(=O)O)c1)n1cncn1. The van der Waals surface area contributed by atoms with Crippen molar-refractivity contribution in [1.82, 2.24) is 14.8 Å². The van der Waals surface area contributed by atoms with Crippen molar-refractivity contribution in [3.8, 4) is 6.07 Å². The van der Waals surface area contributed by atoms with Crippen LogP contribution < -0.4 is 0 Å². The van der Waals surface area contributed by atoms with Crippen molar-refractivity contribution < 1.29 is 9.90 Å². The summed E-state index contributed by atoms with van der Waals surface area (Å²) in [5, 5.41) is 21.7. The van der Waals surface area contributed by atoms with Crippen LogP contribution in [0.2, 0.25) is 0 Å². The van der Waals surface area contributed by atoms with Gasteiger partial charge >= 0.3 is 5.97 Å². The number of carbonyl (C=O) groups is 1. The molecule has 1 heterocycles. The fourth-order valence-corrected chi connectivity index (χ4v) is 1.92. The summed E-state index contributed by atoms with van der Waals surface area (Å²) in [4.78, 5) is 14.3. The third-order valence-corrected chi connectivity index (χ3v) is 2.89. The van der Waals surface area contributed by atoms with E-state index in [4.69, 9.17) is 10.4 Å². The molecule has 0 bridgehead atoms. The second-order valence-electron chi connectivity index (χ2n) is 4.47. The van der Waals surface area contributed by atoms with Crippen molar-refractivity contribution in [2.75, 3.05) is 0 Å². The van der Waals surface area contributed by atoms with Gasteiger partial charge in [-0.1, -0.05) is 24.3 Å². The van der Waals surface area contributed by atoms with Gasteiger partial charge in [0.2, 0.25) is 0 Å². The largest absolute Gasteiger partial charge is 0.481 e. The van der Waals surface area contributed by atoms with Crippen molar-refractivity contribution in [1.29, 1.82) is 5.26 Å². The third-order valence-electron chi connectivity index (χ3n) is 2.89. The highest BCUT2D eigenvalue weighted by molar-refractivity contribution is 5.78. The first-order chi connectivity index (χ1) is 10.2. The van der Waals surface area contributed by atoms with Crippen LogP contribution >= 0.6 is 0 Å². The number of nitriles is 1. The van der Waals surface area contributed by atoms with Gasteiger partial charge in [-0.15, -0.1) is 0 Å². The Hall–Kier alpha value is -2.94. The molecule has 0 saturated carbocycles. The number of nitrogens with zero attached hydrogens (tertiary/aromatic N) is 4. The zero-order valence-electron chi connectivity index (χ0n) is 11.3. The fraction of sp³-hybridized carbons (Fsp3) is 0.200. The zero-order chi connectivity index (χ0) is 15.1. The molecule has 0 radical (unpaired) electrons. The molecule has 106 valence electrons. The Morgan fingerprint density at radius 2 is 2.33 bits per heavy atom. The van der Waals surface area contributed by atoms with Gasteiger partial charge in [0.1, 0.15) is 24.4 Å². The lowest BCUT2D eigenvalue weighted by Gasteiger charge is -2.03. The maximum atomic E-state index is 10.5. The maximum Gasteiger partial charge on any atom is 0.303 e. The van der Waals surface area contributed by atoms with E-state index in [0.29, 0.717) is 18.5 Å². The van der Waals surface area contributed by atoms with Gasteiger partial charge in [0.15, 0.2) is 0 Å². The van der Waals surface area contributed by atoms with E-state index in [1.807, 2.05) is 24.3 Å². The van der Waals surface area contributed by atoms with Crippen LogP contribution in [0.15, 0.2) is 36.9 Å². The van der Waals surface area contributed by atoms with Gasteiger partial charge in [0.25, 0.3) is 0 Å². The maximum absolute atomic E-state index is 10.5. The first-order valence-corrected chi connectivity index (χ1v) is 6.46. The Morgan fingerprint density at radius 1 is 1.48 bits per heavy atom. The van der Waals surface area contributed by atoms with Crippen LogP contribution in [0.4, 0.5) is 0 Å². The summed E-state index contributed by atoms with van der Waals surface area (Å²) in [7, 11) is 0. The van der Waals surface area contributed by atoms with Crippen molar-refractivity contribution >= 4 is 17.7 Å². The van der Waals surface area contributed by atoms with E-state index in [2.05, 4.69) is 16.2 Å². The van der Waals surface area contributed by atoms with Crippen molar-refractivity contribution in [3.63, 3.8) is 0 Å². The summed E-state index contributed by atoms with van der Waals surface area (Å²) in [6.45, 7) is 0. The van der Waals surface area contributed by atoms with Crippen LogP contribution in [0.3, 0.4) is 0 Å². The number of hydrogen-bond donors (Lipinski definition) is 1. The van der Waals surface area contributed by atoms with Crippen molar-refractivity contribution in [2.24, 2.45) is 0 Å². The molecule has 2 rings (SSSR count). The number of aliphatic carboxylic acids is 1. The Balaban J connectivity index is 2.13.